The van der Waals surface area contributed by atoms with Crippen molar-refractivity contribution >= 4 is 5.91 Å². The maximum absolute atomic E-state index is 12.1. The molecule has 0 aromatic heterocycles. The Labute approximate surface area is 108 Å². The molecule has 2 aliphatic rings. The van der Waals surface area contributed by atoms with Crippen molar-refractivity contribution in [1.82, 2.24) is 10.6 Å². The molecule has 1 unspecified atom stereocenters. The summed E-state index contributed by atoms with van der Waals surface area (Å²) in [5.41, 5.74) is 2.99. The summed E-state index contributed by atoms with van der Waals surface area (Å²) in [6.07, 6.45) is 3.29. The van der Waals surface area contributed by atoms with Crippen molar-refractivity contribution in [1.29, 1.82) is 0 Å². The SMILES string of the molecule is CC1(CNC(=O)C2Cc3ccccc3CN2)CC1. The number of benzene rings is 1. The molecule has 0 saturated heterocycles. The molecule has 1 aliphatic heterocycles. The van der Waals surface area contributed by atoms with Gasteiger partial charge in [-0.25, -0.2) is 0 Å². The molecule has 0 bridgehead atoms. The minimum absolute atomic E-state index is 0.0674. The van der Waals surface area contributed by atoms with Crippen LogP contribution in [0.15, 0.2) is 24.3 Å². The number of rotatable bonds is 3. The molecule has 1 aromatic carbocycles. The summed E-state index contributed by atoms with van der Waals surface area (Å²) in [6, 6.07) is 8.28. The Morgan fingerprint density at radius 2 is 2.11 bits per heavy atom. The summed E-state index contributed by atoms with van der Waals surface area (Å²) >= 11 is 0. The summed E-state index contributed by atoms with van der Waals surface area (Å²) in [5, 5.41) is 6.40. The van der Waals surface area contributed by atoms with Crippen LogP contribution in [0, 0.1) is 5.41 Å². The number of nitrogens with one attached hydrogen (secondary N) is 2. The van der Waals surface area contributed by atoms with E-state index < -0.39 is 0 Å². The van der Waals surface area contributed by atoms with Crippen LogP contribution >= 0.6 is 0 Å². The van der Waals surface area contributed by atoms with Gasteiger partial charge in [0.2, 0.25) is 5.91 Å². The molecule has 0 spiro atoms. The van der Waals surface area contributed by atoms with Gasteiger partial charge in [-0.2, -0.15) is 0 Å². The first-order valence-corrected chi connectivity index (χ1v) is 6.74. The average Bonchev–Trinajstić information content (AvgIpc) is 3.14. The van der Waals surface area contributed by atoms with E-state index in [2.05, 4.69) is 35.8 Å². The lowest BCUT2D eigenvalue weighted by molar-refractivity contribution is -0.123. The van der Waals surface area contributed by atoms with E-state index in [0.717, 1.165) is 19.5 Å². The Balaban J connectivity index is 1.59. The first-order valence-electron chi connectivity index (χ1n) is 6.74. The summed E-state index contributed by atoms with van der Waals surface area (Å²) in [7, 11) is 0. The summed E-state index contributed by atoms with van der Waals surface area (Å²) < 4.78 is 0. The van der Waals surface area contributed by atoms with E-state index in [1.54, 1.807) is 0 Å². The molecule has 1 fully saturated rings. The lowest BCUT2D eigenvalue weighted by Crippen LogP contribution is -2.48. The molecular weight excluding hydrogens is 224 g/mol. The van der Waals surface area contributed by atoms with Crippen molar-refractivity contribution in [2.75, 3.05) is 6.54 Å². The van der Waals surface area contributed by atoms with Crippen LogP contribution in [0.5, 0.6) is 0 Å². The quantitative estimate of drug-likeness (QED) is 0.848. The average molecular weight is 244 g/mol. The van der Waals surface area contributed by atoms with Gasteiger partial charge < -0.3 is 10.6 Å². The van der Waals surface area contributed by atoms with E-state index >= 15 is 0 Å². The van der Waals surface area contributed by atoms with Gasteiger partial charge in [-0.1, -0.05) is 31.2 Å². The molecule has 1 saturated carbocycles. The molecule has 18 heavy (non-hydrogen) atoms. The lowest BCUT2D eigenvalue weighted by atomic mass is 9.95. The smallest absolute Gasteiger partial charge is 0.237 e. The highest BCUT2D eigenvalue weighted by molar-refractivity contribution is 5.82. The largest absolute Gasteiger partial charge is 0.354 e. The van der Waals surface area contributed by atoms with Crippen molar-refractivity contribution in [2.24, 2.45) is 5.41 Å². The van der Waals surface area contributed by atoms with E-state index in [1.807, 2.05) is 6.07 Å². The number of hydrogen-bond acceptors (Lipinski definition) is 2. The van der Waals surface area contributed by atoms with Crippen molar-refractivity contribution in [3.05, 3.63) is 35.4 Å². The lowest BCUT2D eigenvalue weighted by Gasteiger charge is -2.25. The second-order valence-electron chi connectivity index (χ2n) is 5.93. The monoisotopic (exact) mass is 244 g/mol. The van der Waals surface area contributed by atoms with Gasteiger partial charge in [0, 0.05) is 13.1 Å². The number of amides is 1. The number of fused-ring (bicyclic) bond motifs is 1. The van der Waals surface area contributed by atoms with E-state index in [4.69, 9.17) is 0 Å². The zero-order valence-corrected chi connectivity index (χ0v) is 10.8. The first kappa shape index (κ1) is 11.7. The summed E-state index contributed by atoms with van der Waals surface area (Å²) in [5.74, 6) is 0.151. The Morgan fingerprint density at radius 1 is 1.39 bits per heavy atom. The highest BCUT2D eigenvalue weighted by atomic mass is 16.2. The van der Waals surface area contributed by atoms with Gasteiger partial charge in [-0.05, 0) is 35.8 Å². The van der Waals surface area contributed by atoms with Crippen LogP contribution in [0.4, 0.5) is 0 Å². The van der Waals surface area contributed by atoms with Gasteiger partial charge in [0.15, 0.2) is 0 Å². The minimum atomic E-state index is -0.0674. The molecule has 1 amide bonds. The van der Waals surface area contributed by atoms with Crippen LogP contribution in [0.2, 0.25) is 0 Å². The van der Waals surface area contributed by atoms with Crippen molar-refractivity contribution in [2.45, 2.75) is 38.8 Å². The third-order valence-electron chi connectivity index (χ3n) is 4.19. The Kier molecular flexibility index (Phi) is 2.86. The number of hydrogen-bond donors (Lipinski definition) is 2. The molecule has 3 heteroatoms. The predicted octanol–water partition coefficient (Wildman–Crippen LogP) is 1.62. The van der Waals surface area contributed by atoms with Crippen LogP contribution in [-0.4, -0.2) is 18.5 Å². The van der Waals surface area contributed by atoms with E-state index in [1.165, 1.54) is 24.0 Å². The fraction of sp³-hybridized carbons (Fsp3) is 0.533. The van der Waals surface area contributed by atoms with Crippen LogP contribution in [0.3, 0.4) is 0 Å². The highest BCUT2D eigenvalue weighted by Gasteiger charge is 2.37. The van der Waals surface area contributed by atoms with Crippen molar-refractivity contribution in [3.63, 3.8) is 0 Å². The third-order valence-corrected chi connectivity index (χ3v) is 4.19. The van der Waals surface area contributed by atoms with Crippen LogP contribution in [0.25, 0.3) is 0 Å². The summed E-state index contributed by atoms with van der Waals surface area (Å²) in [4.78, 5) is 12.1. The van der Waals surface area contributed by atoms with E-state index in [9.17, 15) is 4.79 Å². The predicted molar refractivity (Wildman–Crippen MR) is 71.1 cm³/mol. The molecule has 0 radical (unpaired) electrons. The molecule has 1 atom stereocenters. The molecule has 1 aromatic rings. The van der Waals surface area contributed by atoms with Crippen LogP contribution in [-0.2, 0) is 17.8 Å². The zero-order chi connectivity index (χ0) is 12.6. The van der Waals surface area contributed by atoms with Gasteiger partial charge in [0.25, 0.3) is 0 Å². The fourth-order valence-corrected chi connectivity index (χ4v) is 2.45. The Bertz CT molecular complexity index is 465. The highest BCUT2D eigenvalue weighted by Crippen LogP contribution is 2.44. The molecular formula is C15H20N2O. The number of carbonyl (C=O) groups excluding carboxylic acids is 1. The normalized spacial score (nSPS) is 24.2. The molecule has 2 N–H and O–H groups in total. The fourth-order valence-electron chi connectivity index (χ4n) is 2.45. The zero-order valence-electron chi connectivity index (χ0n) is 10.8. The van der Waals surface area contributed by atoms with Crippen molar-refractivity contribution in [3.8, 4) is 0 Å². The van der Waals surface area contributed by atoms with E-state index in [0.29, 0.717) is 5.41 Å². The molecule has 1 aliphatic carbocycles. The van der Waals surface area contributed by atoms with Gasteiger partial charge in [0.05, 0.1) is 6.04 Å². The Morgan fingerprint density at radius 3 is 2.83 bits per heavy atom. The minimum Gasteiger partial charge on any atom is -0.354 e. The topological polar surface area (TPSA) is 41.1 Å². The first-order chi connectivity index (χ1) is 8.66. The van der Waals surface area contributed by atoms with Gasteiger partial charge in [-0.15, -0.1) is 0 Å². The van der Waals surface area contributed by atoms with Gasteiger partial charge in [0.1, 0.15) is 0 Å². The second-order valence-corrected chi connectivity index (χ2v) is 5.93. The Hall–Kier alpha value is -1.35. The van der Waals surface area contributed by atoms with Gasteiger partial charge >= 0.3 is 0 Å². The standard InChI is InChI=1S/C15H20N2O/c1-15(6-7-15)10-17-14(18)13-8-11-4-2-3-5-12(11)9-16-13/h2-5,13,16H,6-10H2,1H3,(H,17,18). The van der Waals surface area contributed by atoms with Crippen molar-refractivity contribution < 1.29 is 4.79 Å². The van der Waals surface area contributed by atoms with Gasteiger partial charge in [-0.3, -0.25) is 4.79 Å². The molecule has 3 rings (SSSR count). The van der Waals surface area contributed by atoms with E-state index in [-0.39, 0.29) is 11.9 Å². The molecule has 96 valence electrons. The molecule has 1 heterocycles. The van der Waals surface area contributed by atoms with Crippen LogP contribution < -0.4 is 10.6 Å². The van der Waals surface area contributed by atoms with Crippen LogP contribution in [0.1, 0.15) is 30.9 Å². The number of carbonyl (C=O) groups is 1. The second kappa shape index (κ2) is 4.39. The molecule has 3 nitrogen and oxygen atoms in total. The summed E-state index contributed by atoms with van der Waals surface area (Å²) in [6.45, 7) is 3.86. The maximum Gasteiger partial charge on any atom is 0.237 e. The maximum atomic E-state index is 12.1. The third kappa shape index (κ3) is 2.41.